The Labute approximate surface area is 88.5 Å². The van der Waals surface area contributed by atoms with Crippen LogP contribution in [0.25, 0.3) is 10.9 Å². The molecule has 0 bridgehead atoms. The Hall–Kier alpha value is -1.57. The van der Waals surface area contributed by atoms with Crippen LogP contribution in [-0.2, 0) is 6.54 Å². The molecule has 15 heavy (non-hydrogen) atoms. The first-order chi connectivity index (χ1) is 7.36. The third-order valence-electron chi connectivity index (χ3n) is 3.13. The molecule has 1 aromatic heterocycles. The fourth-order valence-electron chi connectivity index (χ4n) is 2.37. The van der Waals surface area contributed by atoms with E-state index in [9.17, 15) is 4.79 Å². The molecular formula is C13H13NO. The zero-order valence-electron chi connectivity index (χ0n) is 8.57. The quantitative estimate of drug-likeness (QED) is 0.639. The Bertz CT molecular complexity index is 524. The van der Waals surface area contributed by atoms with Gasteiger partial charge in [0.1, 0.15) is 0 Å². The molecular weight excluding hydrogens is 186 g/mol. The van der Waals surface area contributed by atoms with Gasteiger partial charge in [-0.25, -0.2) is 0 Å². The smallest absolute Gasteiger partial charge is 0.179 e. The summed E-state index contributed by atoms with van der Waals surface area (Å²) in [5.74, 6) is 0.295. The highest BCUT2D eigenvalue weighted by molar-refractivity contribution is 6.00. The van der Waals surface area contributed by atoms with Crippen LogP contribution < -0.4 is 0 Å². The van der Waals surface area contributed by atoms with E-state index in [4.69, 9.17) is 0 Å². The SMILES string of the molecule is O=C1CCCCn2c1cc1ccccc12. The summed E-state index contributed by atoms with van der Waals surface area (Å²) in [5, 5.41) is 1.18. The highest BCUT2D eigenvalue weighted by Gasteiger charge is 2.17. The third kappa shape index (κ3) is 1.29. The number of aryl methyl sites for hydroxylation is 1. The summed E-state index contributed by atoms with van der Waals surface area (Å²) in [4.78, 5) is 11.9. The monoisotopic (exact) mass is 199 g/mol. The van der Waals surface area contributed by atoms with Crippen LogP contribution in [0.4, 0.5) is 0 Å². The third-order valence-corrected chi connectivity index (χ3v) is 3.13. The summed E-state index contributed by atoms with van der Waals surface area (Å²) in [6, 6.07) is 10.3. The van der Waals surface area contributed by atoms with Crippen molar-refractivity contribution in [3.8, 4) is 0 Å². The molecule has 1 aliphatic rings. The fourth-order valence-corrected chi connectivity index (χ4v) is 2.37. The number of Topliss-reactive ketones (excluding diaryl/α,β-unsaturated/α-hetero) is 1. The standard InChI is InChI=1S/C13H13NO/c15-13-7-3-4-8-14-11-6-2-1-5-10(11)9-12(13)14/h1-2,5-6,9H,3-4,7-8H2. The maximum Gasteiger partial charge on any atom is 0.179 e. The molecule has 2 aromatic rings. The van der Waals surface area contributed by atoms with Crippen molar-refractivity contribution in [3.63, 3.8) is 0 Å². The average Bonchev–Trinajstić information content (AvgIpc) is 2.54. The van der Waals surface area contributed by atoms with Gasteiger partial charge in [-0.05, 0) is 25.0 Å². The average molecular weight is 199 g/mol. The van der Waals surface area contributed by atoms with Crippen LogP contribution in [0.1, 0.15) is 29.8 Å². The van der Waals surface area contributed by atoms with Crippen molar-refractivity contribution in [2.45, 2.75) is 25.8 Å². The van der Waals surface area contributed by atoms with E-state index >= 15 is 0 Å². The lowest BCUT2D eigenvalue weighted by atomic mass is 10.1. The van der Waals surface area contributed by atoms with Gasteiger partial charge < -0.3 is 4.57 Å². The van der Waals surface area contributed by atoms with Gasteiger partial charge in [-0.2, -0.15) is 0 Å². The summed E-state index contributed by atoms with van der Waals surface area (Å²) in [6.07, 6.45) is 2.84. The summed E-state index contributed by atoms with van der Waals surface area (Å²) in [5.41, 5.74) is 2.09. The zero-order chi connectivity index (χ0) is 10.3. The van der Waals surface area contributed by atoms with E-state index in [1.165, 1.54) is 10.9 Å². The lowest BCUT2D eigenvalue weighted by Crippen LogP contribution is -2.04. The predicted molar refractivity (Wildman–Crippen MR) is 60.1 cm³/mol. The maximum atomic E-state index is 11.9. The highest BCUT2D eigenvalue weighted by Crippen LogP contribution is 2.24. The minimum absolute atomic E-state index is 0.295. The number of ketones is 1. The van der Waals surface area contributed by atoms with E-state index in [2.05, 4.69) is 16.7 Å². The van der Waals surface area contributed by atoms with Crippen molar-refractivity contribution < 1.29 is 4.79 Å². The van der Waals surface area contributed by atoms with E-state index in [1.54, 1.807) is 0 Å². The van der Waals surface area contributed by atoms with E-state index < -0.39 is 0 Å². The van der Waals surface area contributed by atoms with Crippen LogP contribution >= 0.6 is 0 Å². The molecule has 1 aliphatic heterocycles. The van der Waals surface area contributed by atoms with E-state index in [1.807, 2.05) is 18.2 Å². The lowest BCUT2D eigenvalue weighted by Gasteiger charge is -2.04. The number of fused-ring (bicyclic) bond motifs is 3. The first-order valence-corrected chi connectivity index (χ1v) is 5.48. The number of para-hydroxylation sites is 1. The van der Waals surface area contributed by atoms with Gasteiger partial charge >= 0.3 is 0 Å². The zero-order valence-corrected chi connectivity index (χ0v) is 8.57. The predicted octanol–water partition coefficient (Wildman–Crippen LogP) is 3.01. The number of benzene rings is 1. The van der Waals surface area contributed by atoms with Gasteiger partial charge in [-0.1, -0.05) is 18.2 Å². The second kappa shape index (κ2) is 3.23. The molecule has 0 spiro atoms. The topological polar surface area (TPSA) is 22.0 Å². The molecule has 0 radical (unpaired) electrons. The van der Waals surface area contributed by atoms with Gasteiger partial charge in [0, 0.05) is 23.9 Å². The number of carbonyl (C=O) groups excluding carboxylic acids is 1. The van der Waals surface area contributed by atoms with Crippen molar-refractivity contribution in [3.05, 3.63) is 36.0 Å². The second-order valence-electron chi connectivity index (χ2n) is 4.12. The van der Waals surface area contributed by atoms with E-state index in [0.29, 0.717) is 12.2 Å². The molecule has 0 fully saturated rings. The van der Waals surface area contributed by atoms with Gasteiger partial charge in [0.2, 0.25) is 0 Å². The largest absolute Gasteiger partial charge is 0.338 e. The molecule has 76 valence electrons. The second-order valence-corrected chi connectivity index (χ2v) is 4.12. The minimum atomic E-state index is 0.295. The highest BCUT2D eigenvalue weighted by atomic mass is 16.1. The Morgan fingerprint density at radius 3 is 2.93 bits per heavy atom. The minimum Gasteiger partial charge on any atom is -0.338 e. The van der Waals surface area contributed by atoms with E-state index in [0.717, 1.165) is 25.1 Å². The number of nitrogens with zero attached hydrogens (tertiary/aromatic N) is 1. The van der Waals surface area contributed by atoms with Gasteiger partial charge in [-0.3, -0.25) is 4.79 Å². The van der Waals surface area contributed by atoms with Crippen LogP contribution in [0.2, 0.25) is 0 Å². The van der Waals surface area contributed by atoms with Crippen LogP contribution in [-0.4, -0.2) is 10.4 Å². The number of carbonyl (C=O) groups is 1. The normalized spacial score (nSPS) is 16.4. The lowest BCUT2D eigenvalue weighted by molar-refractivity contribution is 0.0977. The number of hydrogen-bond acceptors (Lipinski definition) is 1. The Kier molecular flexibility index (Phi) is 1.88. The van der Waals surface area contributed by atoms with Crippen LogP contribution in [0.15, 0.2) is 30.3 Å². The number of rotatable bonds is 0. The molecule has 0 atom stereocenters. The summed E-state index contributed by atoms with van der Waals surface area (Å²) in [7, 11) is 0. The Morgan fingerprint density at radius 2 is 2.00 bits per heavy atom. The van der Waals surface area contributed by atoms with Gasteiger partial charge in [0.15, 0.2) is 5.78 Å². The molecule has 0 unspecified atom stereocenters. The summed E-state index contributed by atoms with van der Waals surface area (Å²) < 4.78 is 2.17. The molecule has 1 aromatic carbocycles. The number of hydrogen-bond donors (Lipinski definition) is 0. The Morgan fingerprint density at radius 1 is 1.13 bits per heavy atom. The van der Waals surface area contributed by atoms with Gasteiger partial charge in [-0.15, -0.1) is 0 Å². The molecule has 0 N–H and O–H groups in total. The van der Waals surface area contributed by atoms with Crippen molar-refractivity contribution in [1.29, 1.82) is 0 Å². The molecule has 0 saturated carbocycles. The van der Waals surface area contributed by atoms with Crippen molar-refractivity contribution in [2.24, 2.45) is 0 Å². The fraction of sp³-hybridized carbons (Fsp3) is 0.308. The molecule has 2 heterocycles. The molecule has 2 nitrogen and oxygen atoms in total. The molecule has 0 aliphatic carbocycles. The van der Waals surface area contributed by atoms with Crippen molar-refractivity contribution in [1.82, 2.24) is 4.57 Å². The molecule has 3 rings (SSSR count). The van der Waals surface area contributed by atoms with Crippen molar-refractivity contribution in [2.75, 3.05) is 0 Å². The van der Waals surface area contributed by atoms with Crippen LogP contribution in [0, 0.1) is 0 Å². The summed E-state index contributed by atoms with van der Waals surface area (Å²) in [6.45, 7) is 0.981. The molecule has 0 saturated heterocycles. The van der Waals surface area contributed by atoms with Gasteiger partial charge in [0.25, 0.3) is 0 Å². The number of aromatic nitrogens is 1. The summed E-state index contributed by atoms with van der Waals surface area (Å²) >= 11 is 0. The Balaban J connectivity index is 2.30. The van der Waals surface area contributed by atoms with Crippen LogP contribution in [0.3, 0.4) is 0 Å². The molecule has 2 heteroatoms. The van der Waals surface area contributed by atoms with Crippen molar-refractivity contribution >= 4 is 16.7 Å². The maximum absolute atomic E-state index is 11.9. The first-order valence-electron chi connectivity index (χ1n) is 5.48. The first kappa shape index (κ1) is 8.72. The van der Waals surface area contributed by atoms with E-state index in [-0.39, 0.29) is 0 Å². The molecule has 0 amide bonds. The van der Waals surface area contributed by atoms with Crippen LogP contribution in [0.5, 0.6) is 0 Å². The van der Waals surface area contributed by atoms with Gasteiger partial charge in [0.05, 0.1) is 5.69 Å².